The maximum absolute atomic E-state index is 12.2. The van der Waals surface area contributed by atoms with Gasteiger partial charge in [-0.3, -0.25) is 9.48 Å². The van der Waals surface area contributed by atoms with Gasteiger partial charge in [0.25, 0.3) is 0 Å². The third-order valence-corrected chi connectivity index (χ3v) is 3.72. The largest absolute Gasteiger partial charge is 0.444 e. The Morgan fingerprint density at radius 3 is 2.88 bits per heavy atom. The van der Waals surface area contributed by atoms with Crippen molar-refractivity contribution in [3.63, 3.8) is 0 Å². The fourth-order valence-corrected chi connectivity index (χ4v) is 2.69. The Morgan fingerprint density at radius 2 is 2.21 bits per heavy atom. The third-order valence-electron chi connectivity index (χ3n) is 3.72. The van der Waals surface area contributed by atoms with Crippen molar-refractivity contribution < 1.29 is 14.3 Å². The predicted molar refractivity (Wildman–Crippen MR) is 90.4 cm³/mol. The molecule has 8 heteroatoms. The van der Waals surface area contributed by atoms with E-state index < -0.39 is 11.5 Å². The summed E-state index contributed by atoms with van der Waals surface area (Å²) in [5.74, 6) is -0.0734. The minimum absolute atomic E-state index is 0.0670. The number of nitrogens with zero attached hydrogens (tertiary/aromatic N) is 3. The molecule has 2 amide bonds. The molecule has 134 valence electrons. The standard InChI is InChI=1S/C16H27N5O3/c1-16(2,3)24-15(23)20-6-4-5-12(9-20)7-18-13-8-19-21(10-13)11-14(17)22/h8,10,12,18H,4-7,9,11H2,1-3H3,(H2,17,22). The first-order chi connectivity index (χ1) is 11.2. The van der Waals surface area contributed by atoms with Crippen LogP contribution < -0.4 is 11.1 Å². The summed E-state index contributed by atoms with van der Waals surface area (Å²) in [6, 6.07) is 0. The van der Waals surface area contributed by atoms with E-state index in [-0.39, 0.29) is 12.6 Å². The van der Waals surface area contributed by atoms with E-state index in [1.54, 1.807) is 17.3 Å². The second-order valence-corrected chi connectivity index (χ2v) is 7.21. The SMILES string of the molecule is CC(C)(C)OC(=O)N1CCCC(CNc2cnn(CC(N)=O)c2)C1. The smallest absolute Gasteiger partial charge is 0.410 e. The number of hydrogen-bond donors (Lipinski definition) is 2. The highest BCUT2D eigenvalue weighted by atomic mass is 16.6. The summed E-state index contributed by atoms with van der Waals surface area (Å²) in [5.41, 5.74) is 5.51. The Labute approximate surface area is 142 Å². The lowest BCUT2D eigenvalue weighted by molar-refractivity contribution is -0.118. The Hall–Kier alpha value is -2.25. The summed E-state index contributed by atoms with van der Waals surface area (Å²) in [5, 5.41) is 7.37. The molecule has 1 saturated heterocycles. The molecule has 1 aromatic heterocycles. The summed E-state index contributed by atoms with van der Waals surface area (Å²) >= 11 is 0. The predicted octanol–water partition coefficient (Wildman–Crippen LogP) is 1.43. The number of anilines is 1. The van der Waals surface area contributed by atoms with Crippen LogP contribution in [0.15, 0.2) is 12.4 Å². The highest BCUT2D eigenvalue weighted by molar-refractivity contribution is 5.73. The quantitative estimate of drug-likeness (QED) is 0.846. The van der Waals surface area contributed by atoms with Crippen LogP contribution in [0.1, 0.15) is 33.6 Å². The molecule has 2 rings (SSSR count). The molecule has 0 saturated carbocycles. The molecule has 8 nitrogen and oxygen atoms in total. The summed E-state index contributed by atoms with van der Waals surface area (Å²) in [4.78, 5) is 24.8. The minimum atomic E-state index is -0.475. The van der Waals surface area contributed by atoms with Crippen molar-refractivity contribution in [3.8, 4) is 0 Å². The van der Waals surface area contributed by atoms with Gasteiger partial charge in [-0.25, -0.2) is 4.79 Å². The average Bonchev–Trinajstić information content (AvgIpc) is 2.90. The molecule has 1 fully saturated rings. The Kier molecular flexibility index (Phi) is 5.69. The molecule has 3 N–H and O–H groups in total. The number of rotatable bonds is 5. The van der Waals surface area contributed by atoms with Gasteiger partial charge in [-0.15, -0.1) is 0 Å². The number of likely N-dealkylation sites (tertiary alicyclic amines) is 1. The lowest BCUT2D eigenvalue weighted by atomic mass is 9.98. The highest BCUT2D eigenvalue weighted by Gasteiger charge is 2.27. The van der Waals surface area contributed by atoms with Crippen LogP contribution in [0.2, 0.25) is 0 Å². The van der Waals surface area contributed by atoms with Crippen molar-refractivity contribution in [2.75, 3.05) is 25.0 Å². The van der Waals surface area contributed by atoms with Crippen molar-refractivity contribution in [3.05, 3.63) is 12.4 Å². The minimum Gasteiger partial charge on any atom is -0.444 e. The summed E-state index contributed by atoms with van der Waals surface area (Å²) in [6.45, 7) is 7.84. The molecule has 0 radical (unpaired) electrons. The monoisotopic (exact) mass is 337 g/mol. The molecular formula is C16H27N5O3. The molecule has 0 aliphatic carbocycles. The average molecular weight is 337 g/mol. The van der Waals surface area contributed by atoms with Crippen LogP contribution in [0.3, 0.4) is 0 Å². The lowest BCUT2D eigenvalue weighted by Crippen LogP contribution is -2.44. The Balaban J connectivity index is 1.81. The zero-order chi connectivity index (χ0) is 17.7. The van der Waals surface area contributed by atoms with Gasteiger partial charge in [-0.2, -0.15) is 5.10 Å². The van der Waals surface area contributed by atoms with E-state index >= 15 is 0 Å². The zero-order valence-corrected chi connectivity index (χ0v) is 14.6. The summed E-state index contributed by atoms with van der Waals surface area (Å²) in [6.07, 6.45) is 5.19. The molecule has 1 aliphatic rings. The second kappa shape index (κ2) is 7.55. The number of aromatic nitrogens is 2. The van der Waals surface area contributed by atoms with Crippen molar-refractivity contribution >= 4 is 17.7 Å². The van der Waals surface area contributed by atoms with Gasteiger partial charge in [0.2, 0.25) is 5.91 Å². The van der Waals surface area contributed by atoms with Crippen LogP contribution in [0, 0.1) is 5.92 Å². The van der Waals surface area contributed by atoms with Crippen molar-refractivity contribution in [1.29, 1.82) is 0 Å². The molecule has 2 heterocycles. The Bertz CT molecular complexity index is 579. The maximum Gasteiger partial charge on any atom is 0.410 e. The molecular weight excluding hydrogens is 310 g/mol. The first kappa shape index (κ1) is 18.1. The molecule has 0 bridgehead atoms. The summed E-state index contributed by atoms with van der Waals surface area (Å²) < 4.78 is 6.94. The molecule has 0 spiro atoms. The van der Waals surface area contributed by atoms with Gasteiger partial charge in [0.1, 0.15) is 12.1 Å². The third kappa shape index (κ3) is 5.75. The van der Waals surface area contributed by atoms with Crippen molar-refractivity contribution in [2.45, 2.75) is 45.8 Å². The van der Waals surface area contributed by atoms with E-state index in [0.29, 0.717) is 12.5 Å². The number of ether oxygens (including phenoxy) is 1. The molecule has 24 heavy (non-hydrogen) atoms. The molecule has 1 aromatic rings. The second-order valence-electron chi connectivity index (χ2n) is 7.21. The van der Waals surface area contributed by atoms with E-state index in [1.807, 2.05) is 20.8 Å². The number of nitrogens with two attached hydrogens (primary N) is 1. The van der Waals surface area contributed by atoms with Crippen LogP contribution in [0.25, 0.3) is 0 Å². The van der Waals surface area contributed by atoms with E-state index in [2.05, 4.69) is 10.4 Å². The molecule has 1 atom stereocenters. The fraction of sp³-hybridized carbons (Fsp3) is 0.688. The Morgan fingerprint density at radius 1 is 1.46 bits per heavy atom. The van der Waals surface area contributed by atoms with E-state index in [1.165, 1.54) is 4.68 Å². The van der Waals surface area contributed by atoms with Crippen LogP contribution in [-0.2, 0) is 16.1 Å². The summed E-state index contributed by atoms with van der Waals surface area (Å²) in [7, 11) is 0. The van der Waals surface area contributed by atoms with Gasteiger partial charge >= 0.3 is 6.09 Å². The zero-order valence-electron chi connectivity index (χ0n) is 14.6. The maximum atomic E-state index is 12.2. The number of amides is 2. The van der Waals surface area contributed by atoms with E-state index in [0.717, 1.165) is 31.6 Å². The number of piperidine rings is 1. The van der Waals surface area contributed by atoms with Gasteiger partial charge in [-0.05, 0) is 39.5 Å². The molecule has 0 aromatic carbocycles. The van der Waals surface area contributed by atoms with Gasteiger partial charge in [0.15, 0.2) is 0 Å². The van der Waals surface area contributed by atoms with Gasteiger partial charge in [0.05, 0.1) is 11.9 Å². The molecule has 1 aliphatic heterocycles. The van der Waals surface area contributed by atoms with E-state index in [9.17, 15) is 9.59 Å². The van der Waals surface area contributed by atoms with Gasteiger partial charge in [-0.1, -0.05) is 0 Å². The fourth-order valence-electron chi connectivity index (χ4n) is 2.69. The number of carbonyl (C=O) groups is 2. The van der Waals surface area contributed by atoms with Crippen molar-refractivity contribution in [2.24, 2.45) is 11.7 Å². The number of hydrogen-bond acceptors (Lipinski definition) is 5. The topological polar surface area (TPSA) is 102 Å². The van der Waals surface area contributed by atoms with Crippen LogP contribution in [0.5, 0.6) is 0 Å². The number of carbonyl (C=O) groups excluding carboxylic acids is 2. The molecule has 1 unspecified atom stereocenters. The lowest BCUT2D eigenvalue weighted by Gasteiger charge is -2.34. The van der Waals surface area contributed by atoms with Crippen LogP contribution >= 0.6 is 0 Å². The van der Waals surface area contributed by atoms with Gasteiger partial charge in [0, 0.05) is 25.8 Å². The number of primary amides is 1. The van der Waals surface area contributed by atoms with Crippen molar-refractivity contribution in [1.82, 2.24) is 14.7 Å². The normalized spacial score (nSPS) is 18.3. The first-order valence-corrected chi connectivity index (χ1v) is 8.25. The first-order valence-electron chi connectivity index (χ1n) is 8.25. The number of nitrogens with one attached hydrogen (secondary N) is 1. The van der Waals surface area contributed by atoms with Gasteiger partial charge < -0.3 is 20.7 Å². The van der Waals surface area contributed by atoms with E-state index in [4.69, 9.17) is 10.5 Å². The highest BCUT2D eigenvalue weighted by Crippen LogP contribution is 2.20. The van der Waals surface area contributed by atoms with Crippen LogP contribution in [0.4, 0.5) is 10.5 Å². The van der Waals surface area contributed by atoms with Crippen LogP contribution in [-0.4, -0.2) is 51.9 Å².